The summed E-state index contributed by atoms with van der Waals surface area (Å²) in [7, 11) is 0. The Balaban J connectivity index is 1.74. The van der Waals surface area contributed by atoms with Crippen LogP contribution in [0.3, 0.4) is 0 Å². The van der Waals surface area contributed by atoms with Crippen LogP contribution < -0.4 is 14.8 Å². The second kappa shape index (κ2) is 9.68. The lowest BCUT2D eigenvalue weighted by atomic mass is 10.3. The van der Waals surface area contributed by atoms with E-state index >= 15 is 0 Å². The Kier molecular flexibility index (Phi) is 7.12. The van der Waals surface area contributed by atoms with E-state index in [4.69, 9.17) is 14.2 Å². The van der Waals surface area contributed by atoms with Crippen molar-refractivity contribution in [2.75, 3.05) is 38.3 Å². The number of anilines is 1. The van der Waals surface area contributed by atoms with Crippen molar-refractivity contribution < 1.29 is 14.2 Å². The predicted molar refractivity (Wildman–Crippen MR) is 88.9 cm³/mol. The third-order valence-electron chi connectivity index (χ3n) is 3.01. The molecule has 0 bridgehead atoms. The lowest BCUT2D eigenvalue weighted by Crippen LogP contribution is -2.13. The van der Waals surface area contributed by atoms with Gasteiger partial charge in [-0.25, -0.2) is 0 Å². The number of hydrogen-bond acceptors (Lipinski definition) is 4. The number of para-hydroxylation sites is 3. The molecule has 0 aliphatic rings. The summed E-state index contributed by atoms with van der Waals surface area (Å²) >= 11 is 0. The molecule has 2 aromatic carbocycles. The van der Waals surface area contributed by atoms with Crippen LogP contribution in [0.25, 0.3) is 0 Å². The summed E-state index contributed by atoms with van der Waals surface area (Å²) in [4.78, 5) is 0. The first-order valence-corrected chi connectivity index (χ1v) is 7.61. The van der Waals surface area contributed by atoms with Crippen LogP contribution in [0.15, 0.2) is 54.6 Å². The van der Waals surface area contributed by atoms with Gasteiger partial charge in [0.25, 0.3) is 0 Å². The first-order valence-electron chi connectivity index (χ1n) is 7.61. The number of benzene rings is 2. The van der Waals surface area contributed by atoms with Crippen LogP contribution in [0, 0.1) is 0 Å². The molecule has 0 heterocycles. The van der Waals surface area contributed by atoms with Gasteiger partial charge in [0.15, 0.2) is 0 Å². The van der Waals surface area contributed by atoms with Crippen LogP contribution in [-0.2, 0) is 4.74 Å². The summed E-state index contributed by atoms with van der Waals surface area (Å²) in [6.07, 6.45) is 0. The Morgan fingerprint density at radius 2 is 1.59 bits per heavy atom. The quantitative estimate of drug-likeness (QED) is 0.681. The van der Waals surface area contributed by atoms with Crippen molar-refractivity contribution in [3.05, 3.63) is 54.6 Å². The first kappa shape index (κ1) is 16.2. The molecule has 0 saturated heterocycles. The summed E-state index contributed by atoms with van der Waals surface area (Å²) in [6.45, 7) is 5.13. The molecule has 0 unspecified atom stereocenters. The molecule has 0 fully saturated rings. The molecule has 118 valence electrons. The van der Waals surface area contributed by atoms with Gasteiger partial charge >= 0.3 is 0 Å². The van der Waals surface area contributed by atoms with Crippen molar-refractivity contribution >= 4 is 5.69 Å². The topological polar surface area (TPSA) is 39.7 Å². The van der Waals surface area contributed by atoms with Gasteiger partial charge in [-0.2, -0.15) is 0 Å². The Bertz CT molecular complexity index is 531. The van der Waals surface area contributed by atoms with Gasteiger partial charge in [-0.05, 0) is 31.2 Å². The van der Waals surface area contributed by atoms with Gasteiger partial charge in [-0.3, -0.25) is 0 Å². The molecule has 0 atom stereocenters. The second-order valence-electron chi connectivity index (χ2n) is 4.63. The van der Waals surface area contributed by atoms with Crippen molar-refractivity contribution in [2.45, 2.75) is 6.92 Å². The van der Waals surface area contributed by atoms with Gasteiger partial charge in [0.1, 0.15) is 24.7 Å². The minimum atomic E-state index is 0.549. The van der Waals surface area contributed by atoms with Crippen LogP contribution in [0.1, 0.15) is 6.92 Å². The molecule has 0 saturated carbocycles. The summed E-state index contributed by atoms with van der Waals surface area (Å²) < 4.78 is 16.7. The monoisotopic (exact) mass is 301 g/mol. The molecule has 2 aromatic rings. The maximum Gasteiger partial charge on any atom is 0.142 e. The molecule has 0 radical (unpaired) electrons. The normalized spacial score (nSPS) is 10.2. The zero-order chi connectivity index (χ0) is 15.5. The van der Waals surface area contributed by atoms with Crippen LogP contribution in [0.5, 0.6) is 11.5 Å². The van der Waals surface area contributed by atoms with Gasteiger partial charge in [-0.15, -0.1) is 0 Å². The molecule has 2 rings (SSSR count). The summed E-state index contributed by atoms with van der Waals surface area (Å²) in [6, 6.07) is 17.7. The van der Waals surface area contributed by atoms with Gasteiger partial charge < -0.3 is 19.5 Å². The van der Waals surface area contributed by atoms with Crippen LogP contribution >= 0.6 is 0 Å². The Labute approximate surface area is 132 Å². The minimum absolute atomic E-state index is 0.549. The van der Waals surface area contributed by atoms with Gasteiger partial charge in [0, 0.05) is 13.2 Å². The lowest BCUT2D eigenvalue weighted by molar-refractivity contribution is 0.110. The minimum Gasteiger partial charge on any atom is -0.492 e. The predicted octanol–water partition coefficient (Wildman–Crippen LogP) is 3.59. The van der Waals surface area contributed by atoms with Crippen LogP contribution in [0.4, 0.5) is 5.69 Å². The van der Waals surface area contributed by atoms with Crippen LogP contribution in [-0.4, -0.2) is 33.0 Å². The van der Waals surface area contributed by atoms with E-state index in [0.29, 0.717) is 33.0 Å². The molecule has 0 amide bonds. The summed E-state index contributed by atoms with van der Waals surface area (Å²) in [5.74, 6) is 1.72. The fourth-order valence-electron chi connectivity index (χ4n) is 1.96. The fraction of sp³-hybridized carbons (Fsp3) is 0.333. The standard InChI is InChI=1S/C18H23NO3/c1-2-20-14-15-22-18-11-7-6-10-17(18)19-12-13-21-16-8-4-3-5-9-16/h3-11,19H,2,12-15H2,1H3. The zero-order valence-corrected chi connectivity index (χ0v) is 13.0. The van der Waals surface area contributed by atoms with Crippen molar-refractivity contribution in [1.82, 2.24) is 0 Å². The zero-order valence-electron chi connectivity index (χ0n) is 13.0. The molecule has 22 heavy (non-hydrogen) atoms. The fourth-order valence-corrected chi connectivity index (χ4v) is 1.96. The third-order valence-corrected chi connectivity index (χ3v) is 3.01. The lowest BCUT2D eigenvalue weighted by Gasteiger charge is -2.13. The SMILES string of the molecule is CCOCCOc1ccccc1NCCOc1ccccc1. The molecule has 0 aliphatic carbocycles. The van der Waals surface area contributed by atoms with Crippen molar-refractivity contribution in [3.63, 3.8) is 0 Å². The number of rotatable bonds is 10. The Hall–Kier alpha value is -2.20. The van der Waals surface area contributed by atoms with E-state index in [1.807, 2.05) is 61.5 Å². The Morgan fingerprint density at radius 1 is 0.818 bits per heavy atom. The molecular weight excluding hydrogens is 278 g/mol. The van der Waals surface area contributed by atoms with Gasteiger partial charge in [-0.1, -0.05) is 30.3 Å². The summed E-state index contributed by atoms with van der Waals surface area (Å²) in [5.41, 5.74) is 0.968. The van der Waals surface area contributed by atoms with E-state index in [1.165, 1.54) is 0 Å². The third kappa shape index (κ3) is 5.66. The van der Waals surface area contributed by atoms with E-state index in [9.17, 15) is 0 Å². The van der Waals surface area contributed by atoms with Crippen molar-refractivity contribution in [3.8, 4) is 11.5 Å². The molecule has 0 spiro atoms. The van der Waals surface area contributed by atoms with Crippen molar-refractivity contribution in [1.29, 1.82) is 0 Å². The first-order chi connectivity index (χ1) is 10.9. The molecule has 0 aromatic heterocycles. The largest absolute Gasteiger partial charge is 0.492 e. The average Bonchev–Trinajstić information content (AvgIpc) is 2.57. The van der Waals surface area contributed by atoms with E-state index in [1.54, 1.807) is 0 Å². The van der Waals surface area contributed by atoms with E-state index in [0.717, 1.165) is 17.2 Å². The number of ether oxygens (including phenoxy) is 3. The number of nitrogens with one attached hydrogen (secondary N) is 1. The van der Waals surface area contributed by atoms with Gasteiger partial charge in [0.05, 0.1) is 12.3 Å². The average molecular weight is 301 g/mol. The van der Waals surface area contributed by atoms with Gasteiger partial charge in [0.2, 0.25) is 0 Å². The maximum absolute atomic E-state index is 5.73. The highest BCUT2D eigenvalue weighted by Gasteiger charge is 2.02. The van der Waals surface area contributed by atoms with Crippen LogP contribution in [0.2, 0.25) is 0 Å². The molecule has 4 nitrogen and oxygen atoms in total. The Morgan fingerprint density at radius 3 is 2.41 bits per heavy atom. The smallest absolute Gasteiger partial charge is 0.142 e. The van der Waals surface area contributed by atoms with E-state index in [2.05, 4.69) is 5.32 Å². The van der Waals surface area contributed by atoms with E-state index in [-0.39, 0.29) is 0 Å². The molecule has 4 heteroatoms. The molecule has 0 aliphatic heterocycles. The van der Waals surface area contributed by atoms with Crippen molar-refractivity contribution in [2.24, 2.45) is 0 Å². The second-order valence-corrected chi connectivity index (χ2v) is 4.63. The highest BCUT2D eigenvalue weighted by Crippen LogP contribution is 2.23. The highest BCUT2D eigenvalue weighted by molar-refractivity contribution is 5.56. The van der Waals surface area contributed by atoms with E-state index < -0.39 is 0 Å². The summed E-state index contributed by atoms with van der Waals surface area (Å²) in [5, 5.41) is 3.33. The molecule has 1 N–H and O–H groups in total. The maximum atomic E-state index is 5.73. The highest BCUT2D eigenvalue weighted by atomic mass is 16.5. The molecular formula is C18H23NO3. The number of hydrogen-bond donors (Lipinski definition) is 1.